The Hall–Kier alpha value is -0.800. The standard InChI is InChI=1S/C12H14Cl2N2O/c1-16(9-2-4-10(17)5-3-9)12-11(14)6-8(13)7-15-12/h6-7,9H,2-5H2,1H3. The van der Waals surface area contributed by atoms with Gasteiger partial charge in [-0.15, -0.1) is 0 Å². The SMILES string of the molecule is CN(c1ncc(Cl)cc1Cl)C1CCC(=O)CC1. The van der Waals surface area contributed by atoms with Crippen molar-refractivity contribution in [2.24, 2.45) is 0 Å². The molecule has 1 aliphatic carbocycles. The summed E-state index contributed by atoms with van der Waals surface area (Å²) < 4.78 is 0. The highest BCUT2D eigenvalue weighted by molar-refractivity contribution is 6.36. The fourth-order valence-corrected chi connectivity index (χ4v) is 2.67. The largest absolute Gasteiger partial charge is 0.355 e. The van der Waals surface area contributed by atoms with E-state index in [2.05, 4.69) is 4.98 Å². The van der Waals surface area contributed by atoms with E-state index in [9.17, 15) is 4.79 Å². The summed E-state index contributed by atoms with van der Waals surface area (Å²) in [6, 6.07) is 2.02. The summed E-state index contributed by atoms with van der Waals surface area (Å²) in [5, 5.41) is 1.09. The molecule has 0 aliphatic heterocycles. The van der Waals surface area contributed by atoms with E-state index in [0.29, 0.717) is 34.7 Å². The van der Waals surface area contributed by atoms with Crippen molar-refractivity contribution in [1.82, 2.24) is 4.98 Å². The molecule has 0 amide bonds. The van der Waals surface area contributed by atoms with Crippen LogP contribution in [-0.4, -0.2) is 23.9 Å². The van der Waals surface area contributed by atoms with Gasteiger partial charge in [0.05, 0.1) is 10.0 Å². The van der Waals surface area contributed by atoms with Gasteiger partial charge in [-0.2, -0.15) is 0 Å². The minimum absolute atomic E-state index is 0.332. The van der Waals surface area contributed by atoms with Gasteiger partial charge in [0.2, 0.25) is 0 Å². The topological polar surface area (TPSA) is 33.2 Å². The van der Waals surface area contributed by atoms with Gasteiger partial charge in [-0.1, -0.05) is 23.2 Å². The molecule has 1 saturated carbocycles. The number of aromatic nitrogens is 1. The fraction of sp³-hybridized carbons (Fsp3) is 0.500. The van der Waals surface area contributed by atoms with Crippen LogP contribution < -0.4 is 4.90 Å². The number of hydrogen-bond donors (Lipinski definition) is 0. The van der Waals surface area contributed by atoms with Gasteiger partial charge >= 0.3 is 0 Å². The number of ketones is 1. The van der Waals surface area contributed by atoms with Crippen molar-refractivity contribution >= 4 is 34.8 Å². The maximum atomic E-state index is 11.2. The van der Waals surface area contributed by atoms with Crippen LogP contribution in [0.1, 0.15) is 25.7 Å². The van der Waals surface area contributed by atoms with Crippen molar-refractivity contribution in [3.63, 3.8) is 0 Å². The maximum absolute atomic E-state index is 11.2. The second-order valence-electron chi connectivity index (χ2n) is 4.34. The van der Waals surface area contributed by atoms with Gasteiger partial charge in [-0.3, -0.25) is 4.79 Å². The molecule has 1 aliphatic rings. The van der Waals surface area contributed by atoms with Crippen LogP contribution >= 0.6 is 23.2 Å². The number of anilines is 1. The Kier molecular flexibility index (Phi) is 3.89. The third-order valence-electron chi connectivity index (χ3n) is 3.18. The molecule has 0 saturated heterocycles. The molecule has 0 bridgehead atoms. The van der Waals surface area contributed by atoms with E-state index >= 15 is 0 Å². The Labute approximate surface area is 111 Å². The smallest absolute Gasteiger partial charge is 0.147 e. The fourth-order valence-electron chi connectivity index (χ4n) is 2.15. The monoisotopic (exact) mass is 272 g/mol. The van der Waals surface area contributed by atoms with Crippen molar-refractivity contribution in [1.29, 1.82) is 0 Å². The second kappa shape index (κ2) is 5.23. The van der Waals surface area contributed by atoms with Crippen molar-refractivity contribution in [3.05, 3.63) is 22.3 Å². The highest BCUT2D eigenvalue weighted by atomic mass is 35.5. The Bertz CT molecular complexity index is 427. The third-order valence-corrected chi connectivity index (χ3v) is 3.67. The van der Waals surface area contributed by atoms with Gasteiger partial charge in [0.1, 0.15) is 11.6 Å². The molecule has 0 atom stereocenters. The molecule has 3 nitrogen and oxygen atoms in total. The van der Waals surface area contributed by atoms with E-state index in [4.69, 9.17) is 23.2 Å². The lowest BCUT2D eigenvalue weighted by atomic mass is 9.93. The van der Waals surface area contributed by atoms with Crippen LogP contribution in [-0.2, 0) is 4.79 Å². The zero-order chi connectivity index (χ0) is 12.4. The minimum Gasteiger partial charge on any atom is -0.355 e. The van der Waals surface area contributed by atoms with Crippen molar-refractivity contribution in [2.75, 3.05) is 11.9 Å². The number of carbonyl (C=O) groups is 1. The summed E-state index contributed by atoms with van der Waals surface area (Å²) in [5.74, 6) is 1.08. The predicted molar refractivity (Wildman–Crippen MR) is 69.9 cm³/mol. The Morgan fingerprint density at radius 1 is 1.35 bits per heavy atom. The van der Waals surface area contributed by atoms with Crippen LogP contribution in [0.5, 0.6) is 0 Å². The molecule has 0 spiro atoms. The van der Waals surface area contributed by atoms with E-state index in [1.165, 1.54) is 0 Å². The molecule has 1 aromatic heterocycles. The Morgan fingerprint density at radius 2 is 2.00 bits per heavy atom. The summed E-state index contributed by atoms with van der Waals surface area (Å²) in [6.45, 7) is 0. The number of carbonyl (C=O) groups excluding carboxylic acids is 1. The number of nitrogens with zero attached hydrogens (tertiary/aromatic N) is 2. The first-order valence-corrected chi connectivity index (χ1v) is 6.39. The lowest BCUT2D eigenvalue weighted by molar-refractivity contribution is -0.120. The lowest BCUT2D eigenvalue weighted by Gasteiger charge is -2.32. The molecular weight excluding hydrogens is 259 g/mol. The molecule has 1 aromatic rings. The highest BCUT2D eigenvalue weighted by Gasteiger charge is 2.24. The Balaban J connectivity index is 2.13. The third kappa shape index (κ3) is 2.90. The average molecular weight is 273 g/mol. The van der Waals surface area contributed by atoms with Crippen LogP contribution in [0.15, 0.2) is 12.3 Å². The summed E-state index contributed by atoms with van der Waals surface area (Å²) in [5.41, 5.74) is 0. The zero-order valence-corrected chi connectivity index (χ0v) is 11.1. The van der Waals surface area contributed by atoms with Crippen molar-refractivity contribution in [3.8, 4) is 0 Å². The van der Waals surface area contributed by atoms with Crippen molar-refractivity contribution < 1.29 is 4.79 Å². The van der Waals surface area contributed by atoms with E-state index in [-0.39, 0.29) is 0 Å². The van der Waals surface area contributed by atoms with Crippen LogP contribution in [0.3, 0.4) is 0 Å². The maximum Gasteiger partial charge on any atom is 0.147 e. The van der Waals surface area contributed by atoms with E-state index in [1.54, 1.807) is 12.3 Å². The summed E-state index contributed by atoms with van der Waals surface area (Å²) in [4.78, 5) is 17.5. The molecule has 0 radical (unpaired) electrons. The number of pyridine rings is 1. The zero-order valence-electron chi connectivity index (χ0n) is 9.62. The van der Waals surface area contributed by atoms with Gasteiger partial charge in [-0.05, 0) is 18.9 Å². The van der Waals surface area contributed by atoms with Gasteiger partial charge in [0.25, 0.3) is 0 Å². The van der Waals surface area contributed by atoms with Crippen LogP contribution in [0.2, 0.25) is 10.0 Å². The molecule has 1 heterocycles. The summed E-state index contributed by atoms with van der Waals surface area (Å²) in [6.07, 6.45) is 4.64. The second-order valence-corrected chi connectivity index (χ2v) is 5.18. The normalized spacial score (nSPS) is 17.2. The van der Waals surface area contributed by atoms with Gasteiger partial charge in [-0.25, -0.2) is 4.98 Å². The Morgan fingerprint density at radius 3 is 2.59 bits per heavy atom. The number of rotatable bonds is 2. The van der Waals surface area contributed by atoms with Crippen LogP contribution in [0, 0.1) is 0 Å². The molecular formula is C12H14Cl2N2O. The van der Waals surface area contributed by atoms with Gasteiger partial charge in [0.15, 0.2) is 0 Å². The molecule has 1 fully saturated rings. The van der Waals surface area contributed by atoms with Gasteiger partial charge in [0, 0.05) is 32.1 Å². The number of hydrogen-bond acceptors (Lipinski definition) is 3. The molecule has 92 valence electrons. The number of Topliss-reactive ketones (excluding diaryl/α,β-unsaturated/α-hetero) is 1. The summed E-state index contributed by atoms with van der Waals surface area (Å²) in [7, 11) is 1.96. The average Bonchev–Trinajstić information content (AvgIpc) is 2.29. The van der Waals surface area contributed by atoms with E-state index in [0.717, 1.165) is 18.7 Å². The molecule has 0 N–H and O–H groups in total. The predicted octanol–water partition coefficient (Wildman–Crippen LogP) is 3.34. The van der Waals surface area contributed by atoms with Crippen LogP contribution in [0.25, 0.3) is 0 Å². The molecule has 5 heteroatoms. The lowest BCUT2D eigenvalue weighted by Crippen LogP contribution is -2.35. The van der Waals surface area contributed by atoms with Gasteiger partial charge < -0.3 is 4.90 Å². The number of halogens is 2. The first-order chi connectivity index (χ1) is 8.08. The quantitative estimate of drug-likeness (QED) is 0.828. The van der Waals surface area contributed by atoms with E-state index < -0.39 is 0 Å². The minimum atomic E-state index is 0.332. The van der Waals surface area contributed by atoms with Crippen LogP contribution in [0.4, 0.5) is 5.82 Å². The van der Waals surface area contributed by atoms with Crippen molar-refractivity contribution in [2.45, 2.75) is 31.7 Å². The highest BCUT2D eigenvalue weighted by Crippen LogP contribution is 2.29. The first-order valence-electron chi connectivity index (χ1n) is 5.63. The summed E-state index contributed by atoms with van der Waals surface area (Å²) >= 11 is 11.9. The first kappa shape index (κ1) is 12.7. The molecule has 2 rings (SSSR count). The molecule has 17 heavy (non-hydrogen) atoms. The molecule has 0 aromatic carbocycles. The molecule has 0 unspecified atom stereocenters. The van der Waals surface area contributed by atoms with E-state index in [1.807, 2.05) is 11.9 Å².